The number of anilines is 1. The molecule has 2 aliphatic rings. The SMILES string of the molecule is COc1ccccc1[C@@H](CNc1ccc(C(=O)NC2CC2)cc1[N+](=O)[O-])N1CCCC1. The van der Waals surface area contributed by atoms with E-state index in [1.807, 2.05) is 24.3 Å². The molecule has 1 saturated carbocycles. The minimum atomic E-state index is -0.440. The molecule has 1 atom stereocenters. The lowest BCUT2D eigenvalue weighted by atomic mass is 10.0. The number of hydrogen-bond acceptors (Lipinski definition) is 6. The van der Waals surface area contributed by atoms with E-state index < -0.39 is 4.92 Å². The zero-order valence-electron chi connectivity index (χ0n) is 17.7. The molecule has 2 aromatic carbocycles. The number of nitrogens with one attached hydrogen (secondary N) is 2. The molecule has 0 aromatic heterocycles. The third kappa shape index (κ3) is 4.96. The number of hydrogen-bond donors (Lipinski definition) is 2. The lowest BCUT2D eigenvalue weighted by Crippen LogP contribution is -2.31. The number of methoxy groups -OCH3 is 1. The first kappa shape index (κ1) is 21.1. The zero-order valence-corrected chi connectivity index (χ0v) is 17.7. The molecule has 164 valence electrons. The van der Waals surface area contributed by atoms with E-state index in [1.54, 1.807) is 19.2 Å². The monoisotopic (exact) mass is 424 g/mol. The quantitative estimate of drug-likeness (QED) is 0.470. The maximum absolute atomic E-state index is 12.3. The van der Waals surface area contributed by atoms with E-state index in [0.29, 0.717) is 17.8 Å². The average molecular weight is 425 g/mol. The van der Waals surface area contributed by atoms with Crippen LogP contribution in [0.3, 0.4) is 0 Å². The van der Waals surface area contributed by atoms with Crippen molar-refractivity contribution < 1.29 is 14.5 Å². The van der Waals surface area contributed by atoms with E-state index in [9.17, 15) is 14.9 Å². The molecular formula is C23H28N4O4. The van der Waals surface area contributed by atoms with E-state index in [-0.39, 0.29) is 23.7 Å². The van der Waals surface area contributed by atoms with Crippen LogP contribution in [0, 0.1) is 10.1 Å². The van der Waals surface area contributed by atoms with Crippen LogP contribution in [0.25, 0.3) is 0 Å². The van der Waals surface area contributed by atoms with Crippen molar-refractivity contribution in [3.05, 3.63) is 63.7 Å². The van der Waals surface area contributed by atoms with Crippen molar-refractivity contribution in [3.8, 4) is 5.75 Å². The summed E-state index contributed by atoms with van der Waals surface area (Å²) in [6, 6.07) is 12.8. The molecular weight excluding hydrogens is 396 g/mol. The number of nitrogens with zero attached hydrogens (tertiary/aromatic N) is 2. The molecule has 8 nitrogen and oxygen atoms in total. The van der Waals surface area contributed by atoms with Crippen LogP contribution in [0.2, 0.25) is 0 Å². The molecule has 2 fully saturated rings. The maximum atomic E-state index is 12.3. The third-order valence-electron chi connectivity index (χ3n) is 5.93. The van der Waals surface area contributed by atoms with Gasteiger partial charge in [-0.15, -0.1) is 0 Å². The van der Waals surface area contributed by atoms with Gasteiger partial charge in [-0.2, -0.15) is 0 Å². The first-order chi connectivity index (χ1) is 15.1. The van der Waals surface area contributed by atoms with Gasteiger partial charge in [0.2, 0.25) is 0 Å². The minimum Gasteiger partial charge on any atom is -0.496 e. The molecule has 1 saturated heterocycles. The number of carbonyl (C=O) groups is 1. The number of rotatable bonds is 9. The first-order valence-electron chi connectivity index (χ1n) is 10.8. The molecule has 1 heterocycles. The summed E-state index contributed by atoms with van der Waals surface area (Å²) in [5.41, 5.74) is 1.68. The highest BCUT2D eigenvalue weighted by Gasteiger charge is 2.28. The van der Waals surface area contributed by atoms with E-state index >= 15 is 0 Å². The van der Waals surface area contributed by atoms with Gasteiger partial charge in [0.1, 0.15) is 11.4 Å². The van der Waals surface area contributed by atoms with Gasteiger partial charge >= 0.3 is 0 Å². The highest BCUT2D eigenvalue weighted by Crippen LogP contribution is 2.33. The summed E-state index contributed by atoms with van der Waals surface area (Å²) in [5.74, 6) is 0.545. The molecule has 1 aliphatic carbocycles. The van der Waals surface area contributed by atoms with Crippen molar-refractivity contribution in [2.75, 3.05) is 32.1 Å². The number of nitro groups is 1. The fourth-order valence-corrected chi connectivity index (χ4v) is 4.11. The van der Waals surface area contributed by atoms with E-state index in [0.717, 1.165) is 50.1 Å². The second kappa shape index (κ2) is 9.34. The van der Waals surface area contributed by atoms with Gasteiger partial charge in [0.25, 0.3) is 11.6 Å². The molecule has 4 rings (SSSR count). The standard InChI is InChI=1S/C23H28N4O4/c1-31-22-7-3-2-6-18(22)21(26-12-4-5-13-26)15-24-19-11-8-16(14-20(19)27(29)30)23(28)25-17-9-10-17/h2-3,6-8,11,14,17,21,24H,4-5,9-10,12-13,15H2,1H3,(H,25,28)/t21-/m1/s1. The van der Waals surface area contributed by atoms with Crippen LogP contribution in [0.15, 0.2) is 42.5 Å². The van der Waals surface area contributed by atoms with Gasteiger partial charge in [-0.1, -0.05) is 18.2 Å². The summed E-state index contributed by atoms with van der Waals surface area (Å²) in [4.78, 5) is 26.0. The topological polar surface area (TPSA) is 96.7 Å². The molecule has 0 spiro atoms. The second-order valence-electron chi connectivity index (χ2n) is 8.12. The Labute approximate surface area is 181 Å². The Morgan fingerprint density at radius 2 is 1.97 bits per heavy atom. The van der Waals surface area contributed by atoms with Crippen LogP contribution in [-0.4, -0.2) is 48.5 Å². The molecule has 1 aliphatic heterocycles. The van der Waals surface area contributed by atoms with Gasteiger partial charge in [0, 0.05) is 29.8 Å². The minimum absolute atomic E-state index is 0.0242. The Bertz CT molecular complexity index is 954. The summed E-state index contributed by atoms with van der Waals surface area (Å²) < 4.78 is 5.57. The summed E-state index contributed by atoms with van der Waals surface area (Å²) >= 11 is 0. The van der Waals surface area contributed by atoms with Crippen molar-refractivity contribution in [1.82, 2.24) is 10.2 Å². The molecule has 0 bridgehead atoms. The lowest BCUT2D eigenvalue weighted by Gasteiger charge is -2.29. The largest absolute Gasteiger partial charge is 0.496 e. The van der Waals surface area contributed by atoms with Crippen molar-refractivity contribution >= 4 is 17.3 Å². The molecule has 31 heavy (non-hydrogen) atoms. The summed E-state index contributed by atoms with van der Waals surface area (Å²) in [6.45, 7) is 2.45. The van der Waals surface area contributed by atoms with Crippen LogP contribution in [0.4, 0.5) is 11.4 Å². The number of ether oxygens (including phenoxy) is 1. The van der Waals surface area contributed by atoms with Crippen molar-refractivity contribution in [2.24, 2.45) is 0 Å². The fourth-order valence-electron chi connectivity index (χ4n) is 4.11. The number of benzene rings is 2. The highest BCUT2D eigenvalue weighted by atomic mass is 16.6. The molecule has 2 aromatic rings. The Morgan fingerprint density at radius 3 is 2.65 bits per heavy atom. The van der Waals surface area contributed by atoms with Gasteiger partial charge in [0.15, 0.2) is 0 Å². The number of amides is 1. The van der Waals surface area contributed by atoms with Crippen LogP contribution in [0.5, 0.6) is 5.75 Å². The predicted octanol–water partition coefficient (Wildman–Crippen LogP) is 3.74. The predicted molar refractivity (Wildman–Crippen MR) is 119 cm³/mol. The van der Waals surface area contributed by atoms with Crippen LogP contribution in [-0.2, 0) is 0 Å². The molecule has 8 heteroatoms. The fraction of sp³-hybridized carbons (Fsp3) is 0.435. The smallest absolute Gasteiger partial charge is 0.293 e. The number of nitro benzene ring substituents is 1. The lowest BCUT2D eigenvalue weighted by molar-refractivity contribution is -0.384. The van der Waals surface area contributed by atoms with Crippen LogP contribution >= 0.6 is 0 Å². The number of para-hydroxylation sites is 1. The van der Waals surface area contributed by atoms with Gasteiger partial charge in [-0.05, 0) is 57.0 Å². The highest BCUT2D eigenvalue weighted by molar-refractivity contribution is 5.96. The Balaban J connectivity index is 1.56. The third-order valence-corrected chi connectivity index (χ3v) is 5.93. The first-order valence-corrected chi connectivity index (χ1v) is 10.8. The second-order valence-corrected chi connectivity index (χ2v) is 8.12. The summed E-state index contributed by atoms with van der Waals surface area (Å²) in [6.07, 6.45) is 4.20. The summed E-state index contributed by atoms with van der Waals surface area (Å²) in [5, 5.41) is 17.9. The van der Waals surface area contributed by atoms with Crippen LogP contribution < -0.4 is 15.4 Å². The Hall–Kier alpha value is -3.13. The Morgan fingerprint density at radius 1 is 1.23 bits per heavy atom. The normalized spacial score (nSPS) is 17.2. The van der Waals surface area contributed by atoms with E-state index in [1.165, 1.54) is 6.07 Å². The molecule has 2 N–H and O–H groups in total. The number of likely N-dealkylation sites (tertiary alicyclic amines) is 1. The Kier molecular flexibility index (Phi) is 6.36. The van der Waals surface area contributed by atoms with Gasteiger partial charge in [-0.3, -0.25) is 19.8 Å². The molecule has 1 amide bonds. The number of carbonyl (C=O) groups excluding carboxylic acids is 1. The van der Waals surface area contributed by atoms with Crippen LogP contribution in [0.1, 0.15) is 47.6 Å². The van der Waals surface area contributed by atoms with Crippen molar-refractivity contribution in [3.63, 3.8) is 0 Å². The van der Waals surface area contributed by atoms with E-state index in [2.05, 4.69) is 15.5 Å². The van der Waals surface area contributed by atoms with Gasteiger partial charge in [-0.25, -0.2) is 0 Å². The zero-order chi connectivity index (χ0) is 21.8. The molecule has 0 radical (unpaired) electrons. The van der Waals surface area contributed by atoms with Crippen molar-refractivity contribution in [1.29, 1.82) is 0 Å². The summed E-state index contributed by atoms with van der Waals surface area (Å²) in [7, 11) is 1.66. The van der Waals surface area contributed by atoms with Gasteiger partial charge < -0.3 is 15.4 Å². The van der Waals surface area contributed by atoms with Gasteiger partial charge in [0.05, 0.1) is 18.1 Å². The van der Waals surface area contributed by atoms with Crippen molar-refractivity contribution in [2.45, 2.75) is 37.8 Å². The maximum Gasteiger partial charge on any atom is 0.293 e. The molecule has 0 unspecified atom stereocenters. The van der Waals surface area contributed by atoms with E-state index in [4.69, 9.17) is 4.74 Å². The average Bonchev–Trinajstić information content (AvgIpc) is 3.43.